The van der Waals surface area contributed by atoms with Crippen molar-refractivity contribution in [3.05, 3.63) is 28.8 Å². The van der Waals surface area contributed by atoms with Gasteiger partial charge in [0.2, 0.25) is 0 Å². The van der Waals surface area contributed by atoms with Gasteiger partial charge < -0.3 is 5.73 Å². The van der Waals surface area contributed by atoms with Gasteiger partial charge in [-0.3, -0.25) is 4.98 Å². The van der Waals surface area contributed by atoms with E-state index in [1.807, 2.05) is 0 Å². The molecule has 0 bridgehead atoms. The molecular formula is C8H9F3N2. The van der Waals surface area contributed by atoms with Crippen LogP contribution in [0.2, 0.25) is 0 Å². The van der Waals surface area contributed by atoms with E-state index < -0.39 is 17.9 Å². The van der Waals surface area contributed by atoms with Gasteiger partial charge in [0.05, 0.1) is 5.69 Å². The number of halogens is 3. The van der Waals surface area contributed by atoms with Crippen LogP contribution in [0.5, 0.6) is 0 Å². The summed E-state index contributed by atoms with van der Waals surface area (Å²) in [4.78, 5) is 3.54. The average Bonchev–Trinajstić information content (AvgIpc) is 2.09. The summed E-state index contributed by atoms with van der Waals surface area (Å²) in [6.45, 7) is 1.22. The first-order valence-electron chi connectivity index (χ1n) is 3.70. The quantitative estimate of drug-likeness (QED) is 0.773. The van der Waals surface area contributed by atoms with Crippen LogP contribution in [-0.2, 0) is 6.54 Å². The van der Waals surface area contributed by atoms with Crippen molar-refractivity contribution in [2.24, 2.45) is 5.73 Å². The molecule has 0 amide bonds. The van der Waals surface area contributed by atoms with E-state index >= 15 is 0 Å². The lowest BCUT2D eigenvalue weighted by Gasteiger charge is -2.06. The molecule has 0 aliphatic carbocycles. The van der Waals surface area contributed by atoms with Gasteiger partial charge in [-0.2, -0.15) is 0 Å². The van der Waals surface area contributed by atoms with Crippen molar-refractivity contribution in [3.63, 3.8) is 0 Å². The zero-order chi connectivity index (χ0) is 10.0. The standard InChI is InChI=1S/C8H9F3N2/c1-4-6(9)2-5(3-12)13-7(4)8(10)11/h2,8H,3,12H2,1H3. The van der Waals surface area contributed by atoms with Crippen LogP contribution in [0.1, 0.15) is 23.4 Å². The Morgan fingerprint density at radius 1 is 1.54 bits per heavy atom. The van der Waals surface area contributed by atoms with Crippen LogP contribution in [0.25, 0.3) is 0 Å². The van der Waals surface area contributed by atoms with Crippen LogP contribution >= 0.6 is 0 Å². The fourth-order valence-corrected chi connectivity index (χ4v) is 0.965. The minimum atomic E-state index is -2.76. The van der Waals surface area contributed by atoms with E-state index in [0.29, 0.717) is 0 Å². The molecule has 1 heterocycles. The summed E-state index contributed by atoms with van der Waals surface area (Å²) in [6, 6.07) is 1.07. The third kappa shape index (κ3) is 1.98. The van der Waals surface area contributed by atoms with Crippen molar-refractivity contribution in [2.45, 2.75) is 19.9 Å². The van der Waals surface area contributed by atoms with Crippen LogP contribution in [0, 0.1) is 12.7 Å². The summed E-state index contributed by atoms with van der Waals surface area (Å²) >= 11 is 0. The van der Waals surface area contributed by atoms with Crippen molar-refractivity contribution in [2.75, 3.05) is 0 Å². The maximum atomic E-state index is 13.0. The first-order chi connectivity index (χ1) is 6.06. The molecule has 0 aliphatic heterocycles. The highest BCUT2D eigenvalue weighted by molar-refractivity contribution is 5.24. The van der Waals surface area contributed by atoms with E-state index in [1.54, 1.807) is 0 Å². The monoisotopic (exact) mass is 190 g/mol. The third-order valence-electron chi connectivity index (χ3n) is 1.72. The predicted molar refractivity (Wildman–Crippen MR) is 41.8 cm³/mol. The number of alkyl halides is 2. The molecule has 0 saturated heterocycles. The molecule has 0 saturated carbocycles. The van der Waals surface area contributed by atoms with E-state index in [4.69, 9.17) is 5.73 Å². The summed E-state index contributed by atoms with van der Waals surface area (Å²) in [6.07, 6.45) is -2.76. The molecule has 0 atom stereocenters. The molecule has 0 unspecified atom stereocenters. The highest BCUT2D eigenvalue weighted by Crippen LogP contribution is 2.22. The number of pyridine rings is 1. The Morgan fingerprint density at radius 3 is 2.62 bits per heavy atom. The van der Waals surface area contributed by atoms with Crippen molar-refractivity contribution in [1.82, 2.24) is 4.98 Å². The van der Waals surface area contributed by atoms with E-state index in [9.17, 15) is 13.2 Å². The Labute approximate surface area is 73.6 Å². The molecule has 72 valence electrons. The molecule has 13 heavy (non-hydrogen) atoms. The van der Waals surface area contributed by atoms with E-state index in [-0.39, 0.29) is 17.8 Å². The first kappa shape index (κ1) is 9.98. The summed E-state index contributed by atoms with van der Waals surface area (Å²) in [5.41, 5.74) is 4.66. The predicted octanol–water partition coefficient (Wildman–Crippen LogP) is 1.93. The van der Waals surface area contributed by atoms with E-state index in [0.717, 1.165) is 6.07 Å². The largest absolute Gasteiger partial charge is 0.325 e. The number of rotatable bonds is 2. The second-order valence-corrected chi connectivity index (χ2v) is 2.61. The van der Waals surface area contributed by atoms with Crippen LogP contribution in [0.4, 0.5) is 13.2 Å². The number of nitrogens with zero attached hydrogens (tertiary/aromatic N) is 1. The Balaban J connectivity index is 3.25. The van der Waals surface area contributed by atoms with Gasteiger partial charge >= 0.3 is 0 Å². The normalized spacial score (nSPS) is 10.9. The third-order valence-corrected chi connectivity index (χ3v) is 1.72. The number of nitrogens with two attached hydrogens (primary N) is 1. The maximum Gasteiger partial charge on any atom is 0.280 e. The molecule has 1 aromatic heterocycles. The molecule has 0 radical (unpaired) electrons. The Hall–Kier alpha value is -1.10. The second-order valence-electron chi connectivity index (χ2n) is 2.61. The number of aromatic nitrogens is 1. The highest BCUT2D eigenvalue weighted by atomic mass is 19.3. The van der Waals surface area contributed by atoms with Crippen molar-refractivity contribution >= 4 is 0 Å². The topological polar surface area (TPSA) is 38.9 Å². The molecule has 5 heteroatoms. The number of hydrogen-bond donors (Lipinski definition) is 1. The first-order valence-corrected chi connectivity index (χ1v) is 3.70. The van der Waals surface area contributed by atoms with E-state index in [2.05, 4.69) is 4.98 Å². The fourth-order valence-electron chi connectivity index (χ4n) is 0.965. The average molecular weight is 190 g/mol. The summed E-state index contributed by atoms with van der Waals surface area (Å²) in [5.74, 6) is -0.689. The molecule has 2 nitrogen and oxygen atoms in total. The lowest BCUT2D eigenvalue weighted by molar-refractivity contribution is 0.144. The van der Waals surface area contributed by atoms with Crippen molar-refractivity contribution in [3.8, 4) is 0 Å². The minimum Gasteiger partial charge on any atom is -0.325 e. The SMILES string of the molecule is Cc1c(F)cc(CN)nc1C(F)F. The van der Waals surface area contributed by atoms with Crippen LogP contribution in [0.3, 0.4) is 0 Å². The summed E-state index contributed by atoms with van der Waals surface area (Å²) in [5, 5.41) is 0. The molecule has 0 fully saturated rings. The van der Waals surface area contributed by atoms with Crippen molar-refractivity contribution < 1.29 is 13.2 Å². The van der Waals surface area contributed by atoms with Crippen molar-refractivity contribution in [1.29, 1.82) is 0 Å². The zero-order valence-electron chi connectivity index (χ0n) is 7.02. The van der Waals surface area contributed by atoms with Gasteiger partial charge in [0, 0.05) is 12.1 Å². The van der Waals surface area contributed by atoms with Gasteiger partial charge in [-0.1, -0.05) is 0 Å². The van der Waals surface area contributed by atoms with Crippen LogP contribution < -0.4 is 5.73 Å². The molecule has 1 rings (SSSR count). The Morgan fingerprint density at radius 2 is 2.15 bits per heavy atom. The van der Waals surface area contributed by atoms with Gasteiger partial charge in [-0.25, -0.2) is 13.2 Å². The lowest BCUT2D eigenvalue weighted by Crippen LogP contribution is -2.06. The van der Waals surface area contributed by atoms with Gasteiger partial charge in [-0.05, 0) is 13.0 Å². The minimum absolute atomic E-state index is 0.0447. The molecule has 1 aromatic rings. The molecule has 0 aromatic carbocycles. The Kier molecular flexibility index (Phi) is 2.87. The maximum absolute atomic E-state index is 13.0. The summed E-state index contributed by atoms with van der Waals surface area (Å²) < 4.78 is 37.5. The van der Waals surface area contributed by atoms with Crippen LogP contribution in [0.15, 0.2) is 6.07 Å². The molecule has 2 N–H and O–H groups in total. The van der Waals surface area contributed by atoms with E-state index in [1.165, 1.54) is 6.92 Å². The lowest BCUT2D eigenvalue weighted by atomic mass is 10.2. The fraction of sp³-hybridized carbons (Fsp3) is 0.375. The van der Waals surface area contributed by atoms with Gasteiger partial charge in [-0.15, -0.1) is 0 Å². The van der Waals surface area contributed by atoms with Gasteiger partial charge in [0.1, 0.15) is 11.5 Å². The van der Waals surface area contributed by atoms with Crippen LogP contribution in [-0.4, -0.2) is 4.98 Å². The summed E-state index contributed by atoms with van der Waals surface area (Å²) in [7, 11) is 0. The second kappa shape index (κ2) is 3.74. The molecule has 0 spiro atoms. The highest BCUT2D eigenvalue weighted by Gasteiger charge is 2.16. The smallest absolute Gasteiger partial charge is 0.280 e. The van der Waals surface area contributed by atoms with Gasteiger partial charge in [0.25, 0.3) is 6.43 Å². The van der Waals surface area contributed by atoms with Gasteiger partial charge in [0.15, 0.2) is 0 Å². The number of hydrogen-bond acceptors (Lipinski definition) is 2. The Bertz CT molecular complexity index is 313. The molecule has 0 aliphatic rings. The molecular weight excluding hydrogens is 181 g/mol. The zero-order valence-corrected chi connectivity index (χ0v) is 7.02.